The summed E-state index contributed by atoms with van der Waals surface area (Å²) in [5.74, 6) is 0.737. The van der Waals surface area contributed by atoms with Crippen LogP contribution in [0.4, 0.5) is 0 Å². The molecule has 4 heteroatoms. The Bertz CT molecular complexity index is 1060. The first kappa shape index (κ1) is 18.5. The second-order valence-electron chi connectivity index (χ2n) is 5.83. The fourth-order valence-electron chi connectivity index (χ4n) is 2.56. The summed E-state index contributed by atoms with van der Waals surface area (Å²) >= 11 is 3.53. The maximum atomic E-state index is 9.50. The van der Waals surface area contributed by atoms with Crippen LogP contribution in [0, 0.1) is 22.7 Å². The van der Waals surface area contributed by atoms with Gasteiger partial charge in [-0.3, -0.25) is 0 Å². The van der Waals surface area contributed by atoms with Crippen molar-refractivity contribution < 1.29 is 4.74 Å². The standard InChI is InChI=1S/C23H15BrN2O/c24-22-13-18(9-10-23(22)27-16-17-5-2-1-3-6-17)11-21(15-26)20-8-4-7-19(12-20)14-25/h1-13H,16H2/b21-11-. The van der Waals surface area contributed by atoms with Crippen LogP contribution < -0.4 is 4.74 Å². The number of nitriles is 2. The summed E-state index contributed by atoms with van der Waals surface area (Å²) in [6.07, 6.45) is 1.79. The average molecular weight is 415 g/mol. The number of hydrogen-bond acceptors (Lipinski definition) is 3. The molecule has 0 spiro atoms. The predicted molar refractivity (Wildman–Crippen MR) is 110 cm³/mol. The number of nitrogens with zero attached hydrogens (tertiary/aromatic N) is 2. The van der Waals surface area contributed by atoms with E-state index in [9.17, 15) is 5.26 Å². The molecule has 0 saturated heterocycles. The van der Waals surface area contributed by atoms with Crippen LogP contribution in [0.15, 0.2) is 77.3 Å². The van der Waals surface area contributed by atoms with E-state index in [0.29, 0.717) is 17.7 Å². The Labute approximate surface area is 166 Å². The SMILES string of the molecule is N#C/C(=C/c1ccc(OCc2ccccc2)c(Br)c1)c1cccc(C#N)c1. The molecule has 0 fully saturated rings. The third-order valence-corrected chi connectivity index (χ3v) is 4.55. The first-order valence-corrected chi connectivity index (χ1v) is 9.07. The predicted octanol–water partition coefficient (Wildman–Crippen LogP) is 5.96. The fraction of sp³-hybridized carbons (Fsp3) is 0.0435. The molecule has 27 heavy (non-hydrogen) atoms. The minimum atomic E-state index is 0.485. The molecule has 0 aliphatic carbocycles. The van der Waals surface area contributed by atoms with E-state index in [1.165, 1.54) is 0 Å². The first-order chi connectivity index (χ1) is 13.2. The van der Waals surface area contributed by atoms with E-state index in [1.54, 1.807) is 24.3 Å². The number of ether oxygens (including phenoxy) is 1. The van der Waals surface area contributed by atoms with Gasteiger partial charge in [0.25, 0.3) is 0 Å². The van der Waals surface area contributed by atoms with Crippen molar-refractivity contribution in [2.75, 3.05) is 0 Å². The Hall–Kier alpha value is -3.34. The quantitative estimate of drug-likeness (QED) is 0.381. The zero-order chi connectivity index (χ0) is 19.1. The molecule has 0 N–H and O–H groups in total. The van der Waals surface area contributed by atoms with Crippen LogP contribution in [0.5, 0.6) is 5.75 Å². The first-order valence-electron chi connectivity index (χ1n) is 8.28. The van der Waals surface area contributed by atoms with Gasteiger partial charge in [-0.2, -0.15) is 10.5 Å². The van der Waals surface area contributed by atoms with Crippen LogP contribution >= 0.6 is 15.9 Å². The third-order valence-electron chi connectivity index (χ3n) is 3.93. The van der Waals surface area contributed by atoms with Gasteiger partial charge in [0.1, 0.15) is 12.4 Å². The van der Waals surface area contributed by atoms with Gasteiger partial charge in [-0.15, -0.1) is 0 Å². The highest BCUT2D eigenvalue weighted by atomic mass is 79.9. The third kappa shape index (κ3) is 4.85. The van der Waals surface area contributed by atoms with Gasteiger partial charge < -0.3 is 4.74 Å². The van der Waals surface area contributed by atoms with Gasteiger partial charge in [0.15, 0.2) is 0 Å². The lowest BCUT2D eigenvalue weighted by Crippen LogP contribution is -1.95. The topological polar surface area (TPSA) is 56.8 Å². The van der Waals surface area contributed by atoms with E-state index in [0.717, 1.165) is 26.9 Å². The summed E-state index contributed by atoms with van der Waals surface area (Å²) in [5.41, 5.74) is 3.71. The highest BCUT2D eigenvalue weighted by molar-refractivity contribution is 9.10. The average Bonchev–Trinajstić information content (AvgIpc) is 2.72. The van der Waals surface area contributed by atoms with Crippen molar-refractivity contribution >= 4 is 27.6 Å². The summed E-state index contributed by atoms with van der Waals surface area (Å²) in [4.78, 5) is 0. The Kier molecular flexibility index (Phi) is 6.05. The van der Waals surface area contributed by atoms with Gasteiger partial charge in [-0.1, -0.05) is 48.5 Å². The minimum absolute atomic E-state index is 0.485. The molecule has 0 atom stereocenters. The maximum absolute atomic E-state index is 9.50. The zero-order valence-electron chi connectivity index (χ0n) is 14.4. The molecule has 0 amide bonds. The lowest BCUT2D eigenvalue weighted by Gasteiger charge is -2.09. The second-order valence-corrected chi connectivity index (χ2v) is 6.68. The van der Waals surface area contributed by atoms with Crippen LogP contribution in [-0.2, 0) is 6.61 Å². The van der Waals surface area contributed by atoms with E-state index < -0.39 is 0 Å². The van der Waals surface area contributed by atoms with E-state index in [-0.39, 0.29) is 0 Å². The number of halogens is 1. The molecule has 0 saturated carbocycles. The Balaban J connectivity index is 1.80. The van der Waals surface area contributed by atoms with Crippen LogP contribution in [0.2, 0.25) is 0 Å². The minimum Gasteiger partial charge on any atom is -0.488 e. The molecule has 0 bridgehead atoms. The van der Waals surface area contributed by atoms with Gasteiger partial charge in [-0.25, -0.2) is 0 Å². The lowest BCUT2D eigenvalue weighted by molar-refractivity contribution is 0.304. The van der Waals surface area contributed by atoms with Gasteiger partial charge >= 0.3 is 0 Å². The molecule has 0 heterocycles. The molecule has 3 aromatic rings. The molecule has 0 unspecified atom stereocenters. The normalized spacial score (nSPS) is 10.7. The summed E-state index contributed by atoms with van der Waals surface area (Å²) in [5, 5.41) is 18.5. The largest absolute Gasteiger partial charge is 0.488 e. The van der Waals surface area contributed by atoms with Gasteiger partial charge in [-0.05, 0) is 63.0 Å². The molecule has 0 aromatic heterocycles. The van der Waals surface area contributed by atoms with Gasteiger partial charge in [0.2, 0.25) is 0 Å². The van der Waals surface area contributed by atoms with E-state index in [2.05, 4.69) is 28.1 Å². The lowest BCUT2D eigenvalue weighted by atomic mass is 10.0. The molecule has 0 aliphatic heterocycles. The monoisotopic (exact) mass is 414 g/mol. The number of rotatable bonds is 5. The van der Waals surface area contributed by atoms with Crippen LogP contribution in [-0.4, -0.2) is 0 Å². The highest BCUT2D eigenvalue weighted by Crippen LogP contribution is 2.29. The van der Waals surface area contributed by atoms with Crippen molar-refractivity contribution in [3.63, 3.8) is 0 Å². The van der Waals surface area contributed by atoms with Crippen molar-refractivity contribution in [3.8, 4) is 17.9 Å². The van der Waals surface area contributed by atoms with Crippen molar-refractivity contribution in [2.45, 2.75) is 6.61 Å². The van der Waals surface area contributed by atoms with Crippen LogP contribution in [0.3, 0.4) is 0 Å². The Morgan fingerprint density at radius 2 is 1.78 bits per heavy atom. The second kappa shape index (κ2) is 8.85. The summed E-state index contributed by atoms with van der Waals surface area (Å²) in [6, 6.07) is 27.0. The molecule has 3 rings (SSSR count). The smallest absolute Gasteiger partial charge is 0.134 e. The summed E-state index contributed by atoms with van der Waals surface area (Å²) in [7, 11) is 0. The molecule has 3 aromatic carbocycles. The van der Waals surface area contributed by atoms with Crippen molar-refractivity contribution in [3.05, 3.63) is 99.5 Å². The van der Waals surface area contributed by atoms with Crippen LogP contribution in [0.25, 0.3) is 11.6 Å². The summed E-state index contributed by atoms with van der Waals surface area (Å²) in [6.45, 7) is 0.485. The number of hydrogen-bond donors (Lipinski definition) is 0. The van der Waals surface area contributed by atoms with E-state index in [1.807, 2.05) is 54.6 Å². The van der Waals surface area contributed by atoms with Crippen molar-refractivity contribution in [2.24, 2.45) is 0 Å². The Morgan fingerprint density at radius 3 is 2.48 bits per heavy atom. The van der Waals surface area contributed by atoms with Gasteiger partial charge in [0, 0.05) is 0 Å². The molecule has 0 radical (unpaired) electrons. The van der Waals surface area contributed by atoms with Gasteiger partial charge in [0.05, 0.1) is 27.7 Å². The number of benzene rings is 3. The van der Waals surface area contributed by atoms with Crippen molar-refractivity contribution in [1.29, 1.82) is 10.5 Å². The Morgan fingerprint density at radius 1 is 0.963 bits per heavy atom. The fourth-order valence-corrected chi connectivity index (χ4v) is 3.07. The zero-order valence-corrected chi connectivity index (χ0v) is 16.0. The van der Waals surface area contributed by atoms with Crippen LogP contribution in [0.1, 0.15) is 22.3 Å². The van der Waals surface area contributed by atoms with E-state index >= 15 is 0 Å². The molecule has 0 aliphatic rings. The molecular weight excluding hydrogens is 400 g/mol. The van der Waals surface area contributed by atoms with E-state index in [4.69, 9.17) is 10.00 Å². The number of allylic oxidation sites excluding steroid dienone is 1. The summed E-state index contributed by atoms with van der Waals surface area (Å²) < 4.78 is 6.67. The molecule has 3 nitrogen and oxygen atoms in total. The maximum Gasteiger partial charge on any atom is 0.134 e. The van der Waals surface area contributed by atoms with Crippen molar-refractivity contribution in [1.82, 2.24) is 0 Å². The molecule has 130 valence electrons. The molecular formula is C23H15BrN2O. The highest BCUT2D eigenvalue weighted by Gasteiger charge is 2.06.